The number of carbonyl (C=O) groups is 1. The van der Waals surface area contributed by atoms with E-state index >= 15 is 0 Å². The molecule has 0 saturated heterocycles. The third-order valence-corrected chi connectivity index (χ3v) is 2.33. The molecule has 0 aliphatic heterocycles. The average molecular weight is 279 g/mol. The van der Waals surface area contributed by atoms with Crippen molar-refractivity contribution in [2.75, 3.05) is 18.5 Å². The molecule has 1 rings (SSSR count). The number of carbonyl (C=O) groups excluding carboxylic acids is 1. The summed E-state index contributed by atoms with van der Waals surface area (Å²) in [5, 5.41) is 23.2. The van der Waals surface area contributed by atoms with Crippen molar-refractivity contribution in [3.05, 3.63) is 28.2 Å². The second-order valence-electron chi connectivity index (χ2n) is 3.32. The van der Waals surface area contributed by atoms with E-state index in [1.54, 1.807) is 0 Å². The van der Waals surface area contributed by atoms with Crippen molar-refractivity contribution < 1.29 is 15.0 Å². The second-order valence-corrected chi connectivity index (χ2v) is 4.19. The predicted octanol–water partition coefficient (Wildman–Crippen LogP) is 1.47. The third-order valence-electron chi connectivity index (χ3n) is 1.90. The normalized spacial score (nSPS) is 10.4. The molecule has 1 aromatic carbocycles. The maximum Gasteiger partial charge on any atom is 0.319 e. The Morgan fingerprint density at radius 2 is 1.71 bits per heavy atom. The first kappa shape index (κ1) is 14.1. The Balaban J connectivity index is 2.61. The van der Waals surface area contributed by atoms with E-state index in [2.05, 4.69) is 10.6 Å². The highest BCUT2D eigenvalue weighted by Crippen LogP contribution is 2.22. The first-order valence-corrected chi connectivity index (χ1v) is 5.56. The molecule has 17 heavy (non-hydrogen) atoms. The van der Waals surface area contributed by atoms with Crippen LogP contribution >= 0.6 is 23.2 Å². The molecule has 5 nitrogen and oxygen atoms in total. The van der Waals surface area contributed by atoms with Crippen LogP contribution in [0.1, 0.15) is 0 Å². The van der Waals surface area contributed by atoms with Gasteiger partial charge in [-0.2, -0.15) is 0 Å². The van der Waals surface area contributed by atoms with E-state index in [1.807, 2.05) is 0 Å². The van der Waals surface area contributed by atoms with Crippen LogP contribution in [-0.4, -0.2) is 35.5 Å². The van der Waals surface area contributed by atoms with Crippen molar-refractivity contribution in [1.29, 1.82) is 0 Å². The molecule has 0 bridgehead atoms. The number of benzene rings is 1. The highest BCUT2D eigenvalue weighted by molar-refractivity contribution is 6.35. The highest BCUT2D eigenvalue weighted by atomic mass is 35.5. The summed E-state index contributed by atoms with van der Waals surface area (Å²) >= 11 is 11.5. The van der Waals surface area contributed by atoms with E-state index < -0.39 is 12.1 Å². The maximum absolute atomic E-state index is 11.4. The smallest absolute Gasteiger partial charge is 0.319 e. The van der Waals surface area contributed by atoms with Gasteiger partial charge >= 0.3 is 6.03 Å². The van der Waals surface area contributed by atoms with Crippen LogP contribution in [0.4, 0.5) is 10.5 Å². The summed E-state index contributed by atoms with van der Waals surface area (Å²) in [4.78, 5) is 11.4. The molecule has 0 aromatic heterocycles. The maximum atomic E-state index is 11.4. The molecule has 0 aliphatic rings. The Bertz CT molecular complexity index is 377. The minimum Gasteiger partial charge on any atom is -0.394 e. The van der Waals surface area contributed by atoms with Gasteiger partial charge in [-0.15, -0.1) is 0 Å². The molecule has 0 heterocycles. The minimum absolute atomic E-state index is 0.347. The van der Waals surface area contributed by atoms with Gasteiger partial charge in [0.05, 0.1) is 19.3 Å². The second kappa shape index (κ2) is 6.66. The fourth-order valence-corrected chi connectivity index (χ4v) is 1.65. The molecule has 94 valence electrons. The van der Waals surface area contributed by atoms with Crippen LogP contribution in [0.15, 0.2) is 18.2 Å². The number of halogens is 2. The van der Waals surface area contributed by atoms with Crippen LogP contribution in [0.2, 0.25) is 10.0 Å². The Morgan fingerprint density at radius 1 is 1.18 bits per heavy atom. The van der Waals surface area contributed by atoms with Crippen LogP contribution in [0.3, 0.4) is 0 Å². The summed E-state index contributed by atoms with van der Waals surface area (Å²) in [6, 6.07) is 3.33. The van der Waals surface area contributed by atoms with Crippen LogP contribution in [-0.2, 0) is 0 Å². The Labute approximate surface area is 108 Å². The Hall–Kier alpha value is -1.01. The van der Waals surface area contributed by atoms with Gasteiger partial charge in [0.2, 0.25) is 0 Å². The van der Waals surface area contributed by atoms with E-state index in [4.69, 9.17) is 33.4 Å². The lowest BCUT2D eigenvalue weighted by molar-refractivity contribution is 0.172. The Kier molecular flexibility index (Phi) is 5.50. The Morgan fingerprint density at radius 3 is 2.18 bits per heavy atom. The lowest BCUT2D eigenvalue weighted by atomic mass is 10.3. The van der Waals surface area contributed by atoms with Gasteiger partial charge in [-0.25, -0.2) is 4.79 Å². The summed E-state index contributed by atoms with van der Waals surface area (Å²) in [7, 11) is 0. The summed E-state index contributed by atoms with van der Waals surface area (Å²) in [5.41, 5.74) is 0.426. The molecule has 0 unspecified atom stereocenters. The van der Waals surface area contributed by atoms with E-state index in [0.29, 0.717) is 15.7 Å². The van der Waals surface area contributed by atoms with E-state index in [9.17, 15) is 4.79 Å². The number of aliphatic hydroxyl groups is 2. The molecule has 0 radical (unpaired) electrons. The molecule has 0 atom stereocenters. The molecule has 0 fully saturated rings. The number of nitrogens with one attached hydrogen (secondary N) is 2. The predicted molar refractivity (Wildman–Crippen MR) is 66.6 cm³/mol. The minimum atomic E-state index is -0.704. The van der Waals surface area contributed by atoms with Gasteiger partial charge < -0.3 is 20.8 Å². The van der Waals surface area contributed by atoms with Crippen LogP contribution in [0.25, 0.3) is 0 Å². The molecule has 7 heteroatoms. The van der Waals surface area contributed by atoms with Crippen molar-refractivity contribution in [3.63, 3.8) is 0 Å². The van der Waals surface area contributed by atoms with Gasteiger partial charge in [-0.05, 0) is 18.2 Å². The van der Waals surface area contributed by atoms with Gasteiger partial charge in [-0.1, -0.05) is 23.2 Å². The summed E-state index contributed by atoms with van der Waals surface area (Å²) < 4.78 is 0. The lowest BCUT2D eigenvalue weighted by Crippen LogP contribution is -2.42. The van der Waals surface area contributed by atoms with Gasteiger partial charge in [-0.3, -0.25) is 0 Å². The largest absolute Gasteiger partial charge is 0.394 e. The van der Waals surface area contributed by atoms with Crippen molar-refractivity contribution in [2.45, 2.75) is 6.04 Å². The number of aliphatic hydroxyl groups excluding tert-OH is 2. The zero-order valence-corrected chi connectivity index (χ0v) is 10.3. The fourth-order valence-electron chi connectivity index (χ4n) is 1.13. The van der Waals surface area contributed by atoms with Crippen molar-refractivity contribution in [3.8, 4) is 0 Å². The first-order chi connectivity index (χ1) is 8.05. The zero-order valence-electron chi connectivity index (χ0n) is 8.78. The van der Waals surface area contributed by atoms with Crippen molar-refractivity contribution >= 4 is 34.9 Å². The average Bonchev–Trinajstić information content (AvgIpc) is 2.24. The third kappa shape index (κ3) is 4.79. The van der Waals surface area contributed by atoms with Crippen molar-refractivity contribution in [1.82, 2.24) is 5.32 Å². The van der Waals surface area contributed by atoms with Gasteiger partial charge in [0.25, 0.3) is 0 Å². The number of urea groups is 1. The topological polar surface area (TPSA) is 81.6 Å². The van der Waals surface area contributed by atoms with Crippen LogP contribution < -0.4 is 10.6 Å². The van der Waals surface area contributed by atoms with Crippen molar-refractivity contribution in [2.24, 2.45) is 0 Å². The zero-order chi connectivity index (χ0) is 12.8. The number of anilines is 1. The van der Waals surface area contributed by atoms with Gasteiger partial charge in [0.1, 0.15) is 0 Å². The number of hydrogen-bond acceptors (Lipinski definition) is 3. The van der Waals surface area contributed by atoms with Gasteiger partial charge in [0, 0.05) is 15.7 Å². The van der Waals surface area contributed by atoms with E-state index in [-0.39, 0.29) is 13.2 Å². The summed E-state index contributed by atoms with van der Waals surface area (Å²) in [5.74, 6) is 0. The highest BCUT2D eigenvalue weighted by Gasteiger charge is 2.10. The standard InChI is InChI=1S/C10H12Cl2N2O3/c11-6-1-7(12)3-8(2-6)13-10(17)14-9(4-15)5-16/h1-3,9,15-16H,4-5H2,(H2,13,14,17). The van der Waals surface area contributed by atoms with E-state index in [1.165, 1.54) is 18.2 Å². The number of hydrogen-bond donors (Lipinski definition) is 4. The number of rotatable bonds is 4. The molecule has 2 amide bonds. The SMILES string of the molecule is O=C(Nc1cc(Cl)cc(Cl)c1)NC(CO)CO. The van der Waals surface area contributed by atoms with Crippen LogP contribution in [0, 0.1) is 0 Å². The molecule has 1 aromatic rings. The van der Waals surface area contributed by atoms with E-state index in [0.717, 1.165) is 0 Å². The molecule has 0 saturated carbocycles. The molecule has 0 aliphatic carbocycles. The molecule has 4 N–H and O–H groups in total. The lowest BCUT2D eigenvalue weighted by Gasteiger charge is -2.14. The number of amides is 2. The first-order valence-electron chi connectivity index (χ1n) is 4.80. The summed E-state index contributed by atoms with van der Waals surface area (Å²) in [6.07, 6.45) is 0. The molecular formula is C10H12Cl2N2O3. The fraction of sp³-hybridized carbons (Fsp3) is 0.300. The van der Waals surface area contributed by atoms with Crippen LogP contribution in [0.5, 0.6) is 0 Å². The monoisotopic (exact) mass is 278 g/mol. The van der Waals surface area contributed by atoms with Gasteiger partial charge in [0.15, 0.2) is 0 Å². The summed E-state index contributed by atoms with van der Waals surface area (Å²) in [6.45, 7) is -0.694. The molecule has 0 spiro atoms. The quantitative estimate of drug-likeness (QED) is 0.673. The molecular weight excluding hydrogens is 267 g/mol.